The van der Waals surface area contributed by atoms with E-state index in [1.54, 1.807) is 21.3 Å². The fraction of sp³-hybridized carbons (Fsp3) is 0.350. The van der Waals surface area contributed by atoms with E-state index in [1.165, 1.54) is 22.4 Å². The van der Waals surface area contributed by atoms with E-state index in [9.17, 15) is 0 Å². The predicted molar refractivity (Wildman–Crippen MR) is 94.9 cm³/mol. The summed E-state index contributed by atoms with van der Waals surface area (Å²) >= 11 is 0. The van der Waals surface area contributed by atoms with Gasteiger partial charge in [0.1, 0.15) is 12.3 Å². The van der Waals surface area contributed by atoms with Crippen molar-refractivity contribution in [2.45, 2.75) is 19.9 Å². The third kappa shape index (κ3) is 3.09. The molecule has 0 aliphatic carbocycles. The van der Waals surface area contributed by atoms with E-state index in [0.717, 1.165) is 36.8 Å². The van der Waals surface area contributed by atoms with Crippen LogP contribution in [0.5, 0.6) is 17.2 Å². The molecule has 0 amide bonds. The minimum absolute atomic E-state index is 0.780. The zero-order valence-electron chi connectivity index (χ0n) is 14.8. The molecule has 24 heavy (non-hydrogen) atoms. The quantitative estimate of drug-likeness (QED) is 0.790. The summed E-state index contributed by atoms with van der Waals surface area (Å²) in [5, 5.41) is 0. The van der Waals surface area contributed by atoms with Gasteiger partial charge in [0, 0.05) is 24.5 Å². The maximum Gasteiger partial charge on any atom is 0.180 e. The van der Waals surface area contributed by atoms with E-state index in [4.69, 9.17) is 14.2 Å². The van der Waals surface area contributed by atoms with Gasteiger partial charge in [-0.25, -0.2) is 4.58 Å². The summed E-state index contributed by atoms with van der Waals surface area (Å²) in [6, 6.07) is 12.4. The van der Waals surface area contributed by atoms with Gasteiger partial charge in [0.2, 0.25) is 0 Å². The first kappa shape index (κ1) is 16.4. The average molecular weight is 326 g/mol. The molecule has 4 heteroatoms. The van der Waals surface area contributed by atoms with E-state index in [2.05, 4.69) is 35.8 Å². The normalized spacial score (nSPS) is 13.5. The third-order valence-corrected chi connectivity index (χ3v) is 4.66. The number of rotatable bonds is 5. The van der Waals surface area contributed by atoms with E-state index < -0.39 is 0 Å². The van der Waals surface area contributed by atoms with Crippen molar-refractivity contribution in [1.29, 1.82) is 0 Å². The maximum absolute atomic E-state index is 5.46. The molecule has 0 atom stereocenters. The lowest BCUT2D eigenvalue weighted by Gasteiger charge is -2.19. The average Bonchev–Trinajstić information content (AvgIpc) is 2.63. The van der Waals surface area contributed by atoms with Crippen molar-refractivity contribution in [1.82, 2.24) is 0 Å². The topological polar surface area (TPSA) is 30.7 Å². The highest BCUT2D eigenvalue weighted by molar-refractivity contribution is 5.97. The lowest BCUT2D eigenvalue weighted by atomic mass is 9.96. The van der Waals surface area contributed by atoms with Crippen molar-refractivity contribution >= 4 is 5.71 Å². The second kappa shape index (κ2) is 6.95. The molecule has 0 saturated carbocycles. The molecule has 2 aromatic carbocycles. The minimum atomic E-state index is 0.780. The minimum Gasteiger partial charge on any atom is -0.497 e. The third-order valence-electron chi connectivity index (χ3n) is 4.66. The summed E-state index contributed by atoms with van der Waals surface area (Å²) in [6.07, 6.45) is 1.00. The Labute approximate surface area is 143 Å². The largest absolute Gasteiger partial charge is 0.497 e. The van der Waals surface area contributed by atoms with Crippen LogP contribution in [-0.2, 0) is 13.0 Å². The van der Waals surface area contributed by atoms with Crippen LogP contribution in [0.2, 0.25) is 0 Å². The lowest BCUT2D eigenvalue weighted by molar-refractivity contribution is -0.545. The van der Waals surface area contributed by atoms with Crippen molar-refractivity contribution < 1.29 is 18.8 Å². The molecule has 0 spiro atoms. The van der Waals surface area contributed by atoms with Gasteiger partial charge in [0.25, 0.3) is 0 Å². The Morgan fingerprint density at radius 2 is 1.58 bits per heavy atom. The monoisotopic (exact) mass is 326 g/mol. The molecule has 4 nitrogen and oxygen atoms in total. The van der Waals surface area contributed by atoms with Crippen LogP contribution in [0.3, 0.4) is 0 Å². The molecule has 0 fully saturated rings. The molecule has 0 N–H and O–H groups in total. The first-order valence-electron chi connectivity index (χ1n) is 8.13. The van der Waals surface area contributed by atoms with Gasteiger partial charge in [-0.05, 0) is 42.0 Å². The van der Waals surface area contributed by atoms with Crippen LogP contribution in [-0.4, -0.2) is 38.2 Å². The van der Waals surface area contributed by atoms with E-state index in [-0.39, 0.29) is 0 Å². The molecular formula is C20H24NO3+. The smallest absolute Gasteiger partial charge is 0.180 e. The molecule has 2 aromatic rings. The van der Waals surface area contributed by atoms with E-state index in [1.807, 2.05) is 12.1 Å². The summed E-state index contributed by atoms with van der Waals surface area (Å²) in [5.74, 6) is 2.47. The molecule has 1 aliphatic heterocycles. The van der Waals surface area contributed by atoms with Crippen LogP contribution < -0.4 is 14.2 Å². The van der Waals surface area contributed by atoms with Crippen molar-refractivity contribution in [2.75, 3.05) is 27.9 Å². The molecule has 126 valence electrons. The lowest BCUT2D eigenvalue weighted by Crippen LogP contribution is -2.28. The van der Waals surface area contributed by atoms with Crippen molar-refractivity contribution in [3.8, 4) is 17.2 Å². The Morgan fingerprint density at radius 1 is 0.917 bits per heavy atom. The maximum atomic E-state index is 5.46. The predicted octanol–water partition coefficient (Wildman–Crippen LogP) is 3.29. The number of hydrogen-bond acceptors (Lipinski definition) is 3. The Bertz CT molecular complexity index is 763. The van der Waals surface area contributed by atoms with Gasteiger partial charge in [-0.15, -0.1) is 0 Å². The van der Waals surface area contributed by atoms with Gasteiger partial charge < -0.3 is 14.2 Å². The molecular weight excluding hydrogens is 302 g/mol. The first-order chi connectivity index (χ1) is 11.7. The second-order valence-corrected chi connectivity index (χ2v) is 5.97. The molecule has 1 aliphatic rings. The van der Waals surface area contributed by atoms with Gasteiger partial charge in [-0.1, -0.05) is 0 Å². The molecule has 0 unspecified atom stereocenters. The highest BCUT2D eigenvalue weighted by Gasteiger charge is 2.24. The van der Waals surface area contributed by atoms with E-state index in [0.29, 0.717) is 0 Å². The van der Waals surface area contributed by atoms with Crippen LogP contribution >= 0.6 is 0 Å². The summed E-state index contributed by atoms with van der Waals surface area (Å²) in [6.45, 7) is 4.07. The van der Waals surface area contributed by atoms with E-state index >= 15 is 0 Å². The SMILES string of the molecule is COc1ccc(C[N+]2=C(C)c3cc(OC)c(OC)cc3CC2)cc1. The number of nitrogens with zero attached hydrogens (tertiary/aromatic N) is 1. The number of methoxy groups -OCH3 is 3. The summed E-state index contributed by atoms with van der Waals surface area (Å²) in [7, 11) is 5.05. The van der Waals surface area contributed by atoms with Gasteiger partial charge in [0.15, 0.2) is 23.8 Å². The Morgan fingerprint density at radius 3 is 2.21 bits per heavy atom. The number of hydrogen-bond donors (Lipinski definition) is 0. The molecule has 0 aromatic heterocycles. The molecule has 1 heterocycles. The zero-order chi connectivity index (χ0) is 17.1. The Balaban J connectivity index is 1.92. The Hall–Kier alpha value is -2.49. The second-order valence-electron chi connectivity index (χ2n) is 5.97. The highest BCUT2D eigenvalue weighted by atomic mass is 16.5. The van der Waals surface area contributed by atoms with Gasteiger partial charge in [-0.2, -0.15) is 0 Å². The van der Waals surface area contributed by atoms with Gasteiger partial charge in [-0.3, -0.25) is 0 Å². The van der Waals surface area contributed by atoms with Crippen LogP contribution in [0.4, 0.5) is 0 Å². The molecule has 0 radical (unpaired) electrons. The highest BCUT2D eigenvalue weighted by Crippen LogP contribution is 2.32. The fourth-order valence-electron chi connectivity index (χ4n) is 3.21. The van der Waals surface area contributed by atoms with Crippen LogP contribution in [0.25, 0.3) is 0 Å². The van der Waals surface area contributed by atoms with Crippen LogP contribution in [0.15, 0.2) is 36.4 Å². The standard InChI is InChI=1S/C20H24NO3/c1-14-18-12-20(24-4)19(23-3)11-16(18)9-10-21(14)13-15-5-7-17(22-2)8-6-15/h5-8,11-12H,9-10,13H2,1-4H3/q+1. The van der Waals surface area contributed by atoms with Crippen molar-refractivity contribution in [3.63, 3.8) is 0 Å². The van der Waals surface area contributed by atoms with Crippen LogP contribution in [0, 0.1) is 0 Å². The summed E-state index contributed by atoms with van der Waals surface area (Å²) in [4.78, 5) is 0. The zero-order valence-corrected chi connectivity index (χ0v) is 14.8. The van der Waals surface area contributed by atoms with Crippen molar-refractivity contribution in [3.05, 3.63) is 53.1 Å². The first-order valence-corrected chi connectivity index (χ1v) is 8.13. The molecule has 0 saturated heterocycles. The van der Waals surface area contributed by atoms with Crippen molar-refractivity contribution in [2.24, 2.45) is 0 Å². The number of fused-ring (bicyclic) bond motifs is 1. The Kier molecular flexibility index (Phi) is 4.74. The molecule has 3 rings (SSSR count). The number of ether oxygens (including phenoxy) is 3. The summed E-state index contributed by atoms with van der Waals surface area (Å²) < 4.78 is 18.5. The van der Waals surface area contributed by atoms with Gasteiger partial charge >= 0.3 is 0 Å². The summed E-state index contributed by atoms with van der Waals surface area (Å²) in [5.41, 5.74) is 5.11. The van der Waals surface area contributed by atoms with Crippen LogP contribution in [0.1, 0.15) is 23.6 Å². The molecule has 0 bridgehead atoms. The fourth-order valence-corrected chi connectivity index (χ4v) is 3.21. The van der Waals surface area contributed by atoms with Gasteiger partial charge in [0.05, 0.1) is 21.3 Å². The number of benzene rings is 2.